The van der Waals surface area contributed by atoms with Crippen molar-refractivity contribution in [2.24, 2.45) is 0 Å². The van der Waals surface area contributed by atoms with Gasteiger partial charge in [-0.05, 0) is 0 Å². The van der Waals surface area contributed by atoms with E-state index in [1.165, 1.54) is 0 Å². The molecule has 0 aliphatic carbocycles. The Morgan fingerprint density at radius 3 is 2.32 bits per heavy atom. The number of pyridine rings is 1. The summed E-state index contributed by atoms with van der Waals surface area (Å²) in [5.74, 6) is -1.49. The van der Waals surface area contributed by atoms with E-state index in [0.29, 0.717) is 32.0 Å². The van der Waals surface area contributed by atoms with Crippen LogP contribution < -0.4 is 39.6 Å². The van der Waals surface area contributed by atoms with Gasteiger partial charge in [-0.25, -0.2) is 4.98 Å². The van der Waals surface area contributed by atoms with E-state index in [-0.39, 0.29) is 44.8 Å². The van der Waals surface area contributed by atoms with E-state index >= 15 is 0 Å². The molecule has 9 heteroatoms. The summed E-state index contributed by atoms with van der Waals surface area (Å²) in [5, 5.41) is 10.9. The molecule has 0 bridgehead atoms. The Labute approximate surface area is 147 Å². The molecule has 1 aromatic rings. The van der Waals surface area contributed by atoms with Crippen LogP contribution in [0.15, 0.2) is 0 Å². The summed E-state index contributed by atoms with van der Waals surface area (Å²) in [6.45, 7) is 2.11. The van der Waals surface area contributed by atoms with E-state index < -0.39 is 11.7 Å². The average Bonchev–Trinajstić information content (AvgIpc) is 2.35. The number of halogens is 3. The monoisotopic (exact) mass is 332 g/mol. The third-order valence-corrected chi connectivity index (χ3v) is 3.62. The number of nitrogens with zero attached hydrogens (tertiary/aromatic N) is 2. The second-order valence-corrected chi connectivity index (χ2v) is 4.73. The Morgan fingerprint density at radius 1 is 1.21 bits per heavy atom. The Kier molecular flexibility index (Phi) is 6.66. The molecule has 1 aromatic heterocycles. The first-order chi connectivity index (χ1) is 8.52. The third kappa shape index (κ3) is 3.67. The fourth-order valence-corrected chi connectivity index (χ4v) is 2.51. The molecular weight excluding hydrogens is 325 g/mol. The minimum Gasteiger partial charge on any atom is -0.543 e. The zero-order chi connectivity index (χ0) is 13.3. The molecular formula is C10H8Cl3N2NaO3. The first kappa shape index (κ1) is 17.3. The molecule has 2 heterocycles. The molecule has 0 spiro atoms. The molecule has 2 rings (SSSR count). The molecule has 1 aliphatic heterocycles. The Morgan fingerprint density at radius 2 is 1.79 bits per heavy atom. The summed E-state index contributed by atoms with van der Waals surface area (Å²) in [6, 6.07) is 0. The molecule has 0 amide bonds. The summed E-state index contributed by atoms with van der Waals surface area (Å²) in [7, 11) is 0. The van der Waals surface area contributed by atoms with Gasteiger partial charge in [-0.15, -0.1) is 0 Å². The van der Waals surface area contributed by atoms with E-state index in [1.54, 1.807) is 0 Å². The number of aromatic nitrogens is 1. The first-order valence-electron chi connectivity index (χ1n) is 5.11. The van der Waals surface area contributed by atoms with Crippen molar-refractivity contribution in [3.8, 4) is 0 Å². The van der Waals surface area contributed by atoms with E-state index in [9.17, 15) is 9.90 Å². The summed E-state index contributed by atoms with van der Waals surface area (Å²) in [6.07, 6.45) is 0. The van der Waals surface area contributed by atoms with E-state index in [4.69, 9.17) is 39.5 Å². The topological polar surface area (TPSA) is 65.5 Å². The van der Waals surface area contributed by atoms with Crippen LogP contribution in [0.1, 0.15) is 10.5 Å². The van der Waals surface area contributed by atoms with Crippen molar-refractivity contribution in [1.29, 1.82) is 0 Å². The zero-order valence-corrected chi connectivity index (χ0v) is 14.3. The Hall–Kier alpha value is 0.250. The smallest absolute Gasteiger partial charge is 0.543 e. The van der Waals surface area contributed by atoms with Gasteiger partial charge in [0, 0.05) is 13.1 Å². The molecule has 0 N–H and O–H groups in total. The van der Waals surface area contributed by atoms with Crippen molar-refractivity contribution in [2.45, 2.75) is 0 Å². The number of carbonyl (C=O) groups excluding carboxylic acids is 1. The number of hydrogen-bond acceptors (Lipinski definition) is 5. The van der Waals surface area contributed by atoms with Crippen molar-refractivity contribution in [2.75, 3.05) is 31.2 Å². The third-order valence-electron chi connectivity index (χ3n) is 2.54. The van der Waals surface area contributed by atoms with Crippen LogP contribution in [0.3, 0.4) is 0 Å². The van der Waals surface area contributed by atoms with Crippen LogP contribution in [0.2, 0.25) is 15.2 Å². The van der Waals surface area contributed by atoms with E-state index in [0.717, 1.165) is 0 Å². The molecule has 5 nitrogen and oxygen atoms in total. The van der Waals surface area contributed by atoms with Gasteiger partial charge in [0.15, 0.2) is 5.15 Å². The van der Waals surface area contributed by atoms with Crippen LogP contribution in [0, 0.1) is 0 Å². The molecule has 1 saturated heterocycles. The molecule has 0 unspecified atom stereocenters. The van der Waals surface area contributed by atoms with Crippen molar-refractivity contribution in [3.63, 3.8) is 0 Å². The van der Waals surface area contributed by atoms with Crippen LogP contribution in [-0.4, -0.2) is 37.3 Å². The first-order valence-corrected chi connectivity index (χ1v) is 6.24. The number of hydrogen-bond donors (Lipinski definition) is 0. The maximum absolute atomic E-state index is 10.9. The fourth-order valence-electron chi connectivity index (χ4n) is 1.70. The number of aromatic carboxylic acids is 1. The molecule has 19 heavy (non-hydrogen) atoms. The number of carboxylic acid groups (broad SMARTS) is 1. The van der Waals surface area contributed by atoms with Gasteiger partial charge in [0.2, 0.25) is 0 Å². The number of anilines is 1. The molecule has 0 atom stereocenters. The van der Waals surface area contributed by atoms with E-state index in [2.05, 4.69) is 4.98 Å². The molecule has 98 valence electrons. The van der Waals surface area contributed by atoms with Gasteiger partial charge in [-0.1, -0.05) is 34.8 Å². The fraction of sp³-hybridized carbons (Fsp3) is 0.400. The van der Waals surface area contributed by atoms with Gasteiger partial charge in [0.25, 0.3) is 0 Å². The average molecular weight is 334 g/mol. The van der Waals surface area contributed by atoms with Gasteiger partial charge >= 0.3 is 29.6 Å². The van der Waals surface area contributed by atoms with Crippen LogP contribution in [0.5, 0.6) is 0 Å². The SMILES string of the molecule is O=C([O-])c1nc(Cl)c(Cl)c(N2CCOCC2)c1Cl.[Na+]. The maximum atomic E-state index is 10.9. The second-order valence-electron chi connectivity index (χ2n) is 3.61. The Bertz CT molecular complexity index is 495. The number of morpholine rings is 1. The van der Waals surface area contributed by atoms with Crippen LogP contribution in [-0.2, 0) is 4.74 Å². The number of rotatable bonds is 2. The minimum atomic E-state index is -1.49. The van der Waals surface area contributed by atoms with Gasteiger partial charge in [-0.3, -0.25) is 0 Å². The number of carboxylic acids is 1. The van der Waals surface area contributed by atoms with Crippen molar-refractivity contribution < 1.29 is 44.2 Å². The zero-order valence-electron chi connectivity index (χ0n) is 10.1. The van der Waals surface area contributed by atoms with Crippen molar-refractivity contribution in [3.05, 3.63) is 20.9 Å². The van der Waals surface area contributed by atoms with Crippen LogP contribution in [0.25, 0.3) is 0 Å². The largest absolute Gasteiger partial charge is 1.00 e. The predicted octanol–water partition coefficient (Wildman–Crippen LogP) is -1.75. The predicted molar refractivity (Wildman–Crippen MR) is 66.6 cm³/mol. The number of ether oxygens (including phenoxy) is 1. The molecule has 1 fully saturated rings. The van der Waals surface area contributed by atoms with Gasteiger partial charge in [0.1, 0.15) is 10.7 Å². The maximum Gasteiger partial charge on any atom is 1.00 e. The van der Waals surface area contributed by atoms with Gasteiger partial charge < -0.3 is 19.5 Å². The standard InChI is InChI=1S/C10H9Cl3N2O3.Na/c11-5-7(10(16)17)14-9(13)6(12)8(5)15-1-3-18-4-2-15;/h1-4H2,(H,16,17);/q;+1/p-1. The normalized spacial score (nSPS) is 15.0. The summed E-state index contributed by atoms with van der Waals surface area (Å²) < 4.78 is 5.20. The molecule has 0 saturated carbocycles. The minimum absolute atomic E-state index is 0. The van der Waals surface area contributed by atoms with Crippen LogP contribution >= 0.6 is 34.8 Å². The summed E-state index contributed by atoms with van der Waals surface area (Å²) in [5.41, 5.74) is -0.0478. The number of carbonyl (C=O) groups is 1. The second kappa shape index (κ2) is 7.31. The van der Waals surface area contributed by atoms with E-state index in [1.807, 2.05) is 4.90 Å². The molecule has 0 radical (unpaired) electrons. The molecule has 1 aliphatic rings. The Balaban J connectivity index is 0.00000180. The van der Waals surface area contributed by atoms with Gasteiger partial charge in [-0.2, -0.15) is 0 Å². The van der Waals surface area contributed by atoms with Crippen LogP contribution in [0.4, 0.5) is 5.69 Å². The van der Waals surface area contributed by atoms with Crippen molar-refractivity contribution in [1.82, 2.24) is 4.98 Å². The van der Waals surface area contributed by atoms with Gasteiger partial charge in [0.05, 0.1) is 29.9 Å². The molecule has 0 aromatic carbocycles. The van der Waals surface area contributed by atoms with Crippen molar-refractivity contribution >= 4 is 46.5 Å². The summed E-state index contributed by atoms with van der Waals surface area (Å²) in [4.78, 5) is 16.3. The summed E-state index contributed by atoms with van der Waals surface area (Å²) >= 11 is 17.8. The quantitative estimate of drug-likeness (QED) is 0.474.